The van der Waals surface area contributed by atoms with Crippen molar-refractivity contribution in [3.8, 4) is 0 Å². The second kappa shape index (κ2) is 9.50. The molecule has 1 N–H and O–H groups in total. The Morgan fingerprint density at radius 2 is 2.09 bits per heavy atom. The first-order valence-corrected chi connectivity index (χ1v) is 9.40. The minimum absolute atomic E-state index is 0.149. The van der Waals surface area contributed by atoms with Gasteiger partial charge in [-0.05, 0) is 18.4 Å². The number of aliphatic imine (C=N–C) groups is 1. The first kappa shape index (κ1) is 17.7. The van der Waals surface area contributed by atoms with Crippen LogP contribution >= 0.6 is 11.8 Å². The number of thioether (sulfide) groups is 1. The summed E-state index contributed by atoms with van der Waals surface area (Å²) in [5.74, 6) is 3.07. The second-order valence-corrected chi connectivity index (χ2v) is 6.43. The van der Waals surface area contributed by atoms with Gasteiger partial charge in [-0.1, -0.05) is 0 Å². The van der Waals surface area contributed by atoms with Crippen LogP contribution in [-0.4, -0.2) is 72.9 Å². The van der Waals surface area contributed by atoms with Crippen LogP contribution in [0.3, 0.4) is 0 Å². The van der Waals surface area contributed by atoms with Gasteiger partial charge in [0, 0.05) is 51.8 Å². The number of amides is 1. The van der Waals surface area contributed by atoms with Crippen molar-refractivity contribution in [3.05, 3.63) is 24.2 Å². The molecular formula is C16H26N4O2S. The predicted molar refractivity (Wildman–Crippen MR) is 94.9 cm³/mol. The standard InChI is InChI=1S/C16H26N4O2S/c1-14(21)19-8-10-20(11-9-19)16(18-7-13-23-2)17-6-5-15-4-3-12-22-15/h3-4,12H,5-11,13H2,1-2H3,(H,17,18). The normalized spacial score (nSPS) is 15.8. The van der Waals surface area contributed by atoms with Crippen LogP contribution in [-0.2, 0) is 11.2 Å². The number of hydrogen-bond acceptors (Lipinski definition) is 4. The lowest BCUT2D eigenvalue weighted by atomic mass is 10.3. The zero-order valence-corrected chi connectivity index (χ0v) is 14.8. The highest BCUT2D eigenvalue weighted by molar-refractivity contribution is 7.98. The molecule has 6 nitrogen and oxygen atoms in total. The van der Waals surface area contributed by atoms with Crippen LogP contribution in [0, 0.1) is 0 Å². The van der Waals surface area contributed by atoms with Gasteiger partial charge in [0.1, 0.15) is 5.76 Å². The fourth-order valence-electron chi connectivity index (χ4n) is 2.50. The van der Waals surface area contributed by atoms with Crippen molar-refractivity contribution in [2.24, 2.45) is 4.99 Å². The molecule has 0 spiro atoms. The number of piperazine rings is 1. The number of nitrogens with one attached hydrogen (secondary N) is 1. The Kier molecular flexibility index (Phi) is 7.32. The molecule has 1 aliphatic heterocycles. The Morgan fingerprint density at radius 3 is 2.70 bits per heavy atom. The maximum atomic E-state index is 11.4. The third-order valence-corrected chi connectivity index (χ3v) is 4.41. The molecule has 1 fully saturated rings. The summed E-state index contributed by atoms with van der Waals surface area (Å²) in [6.45, 7) is 6.39. The van der Waals surface area contributed by atoms with Crippen molar-refractivity contribution in [3.63, 3.8) is 0 Å². The highest BCUT2D eigenvalue weighted by Gasteiger charge is 2.20. The molecule has 1 aromatic heterocycles. The van der Waals surface area contributed by atoms with Crippen molar-refractivity contribution < 1.29 is 9.21 Å². The molecule has 2 rings (SSSR count). The molecule has 128 valence electrons. The van der Waals surface area contributed by atoms with Gasteiger partial charge in [0.25, 0.3) is 0 Å². The van der Waals surface area contributed by atoms with E-state index in [9.17, 15) is 4.79 Å². The van der Waals surface area contributed by atoms with Crippen LogP contribution in [0.1, 0.15) is 12.7 Å². The summed E-state index contributed by atoms with van der Waals surface area (Å²) in [5, 5.41) is 3.43. The molecule has 0 unspecified atom stereocenters. The summed E-state index contributed by atoms with van der Waals surface area (Å²) in [6.07, 6.45) is 4.62. The van der Waals surface area contributed by atoms with Crippen LogP contribution in [0.2, 0.25) is 0 Å². The molecular weight excluding hydrogens is 312 g/mol. The maximum Gasteiger partial charge on any atom is 0.219 e. The minimum Gasteiger partial charge on any atom is -0.469 e. The lowest BCUT2D eigenvalue weighted by Gasteiger charge is -2.36. The number of carbonyl (C=O) groups excluding carboxylic acids is 1. The van der Waals surface area contributed by atoms with Crippen molar-refractivity contribution in [2.45, 2.75) is 13.3 Å². The van der Waals surface area contributed by atoms with Crippen molar-refractivity contribution >= 4 is 23.6 Å². The minimum atomic E-state index is 0.149. The van der Waals surface area contributed by atoms with E-state index in [1.807, 2.05) is 17.0 Å². The van der Waals surface area contributed by atoms with Gasteiger partial charge in [0.05, 0.1) is 12.8 Å². The lowest BCUT2D eigenvalue weighted by Crippen LogP contribution is -2.53. The number of guanidine groups is 1. The first-order valence-electron chi connectivity index (χ1n) is 8.01. The van der Waals surface area contributed by atoms with Crippen LogP contribution in [0.15, 0.2) is 27.8 Å². The van der Waals surface area contributed by atoms with E-state index in [0.717, 1.165) is 63.2 Å². The Bertz CT molecular complexity index is 496. The smallest absolute Gasteiger partial charge is 0.219 e. The fourth-order valence-corrected chi connectivity index (χ4v) is 2.77. The summed E-state index contributed by atoms with van der Waals surface area (Å²) in [7, 11) is 0. The van der Waals surface area contributed by atoms with E-state index in [0.29, 0.717) is 0 Å². The average Bonchev–Trinajstić information content (AvgIpc) is 3.07. The van der Waals surface area contributed by atoms with E-state index >= 15 is 0 Å². The number of rotatable bonds is 6. The van der Waals surface area contributed by atoms with E-state index in [4.69, 9.17) is 9.41 Å². The van der Waals surface area contributed by atoms with E-state index < -0.39 is 0 Å². The average molecular weight is 338 g/mol. The van der Waals surface area contributed by atoms with Crippen LogP contribution in [0.25, 0.3) is 0 Å². The summed E-state index contributed by atoms with van der Waals surface area (Å²) in [4.78, 5) is 20.3. The summed E-state index contributed by atoms with van der Waals surface area (Å²) >= 11 is 1.80. The van der Waals surface area contributed by atoms with Crippen molar-refractivity contribution in [2.75, 3.05) is 51.3 Å². The zero-order chi connectivity index (χ0) is 16.5. The van der Waals surface area contributed by atoms with Gasteiger partial charge < -0.3 is 19.5 Å². The molecule has 0 aliphatic carbocycles. The van der Waals surface area contributed by atoms with Crippen LogP contribution in [0.4, 0.5) is 0 Å². The number of furan rings is 1. The number of nitrogens with zero attached hydrogens (tertiary/aromatic N) is 3. The summed E-state index contributed by atoms with van der Waals surface area (Å²) in [5.41, 5.74) is 0. The second-order valence-electron chi connectivity index (χ2n) is 5.45. The quantitative estimate of drug-likeness (QED) is 0.481. The van der Waals surface area contributed by atoms with E-state index in [-0.39, 0.29) is 5.91 Å². The summed E-state index contributed by atoms with van der Waals surface area (Å²) < 4.78 is 5.36. The molecule has 0 radical (unpaired) electrons. The topological polar surface area (TPSA) is 61.1 Å². The zero-order valence-electron chi connectivity index (χ0n) is 14.0. The van der Waals surface area contributed by atoms with Gasteiger partial charge in [-0.3, -0.25) is 9.79 Å². The molecule has 0 bridgehead atoms. The third-order valence-electron chi connectivity index (χ3n) is 3.82. The number of carbonyl (C=O) groups is 1. The molecule has 0 saturated carbocycles. The molecule has 23 heavy (non-hydrogen) atoms. The Balaban J connectivity index is 1.86. The van der Waals surface area contributed by atoms with Gasteiger partial charge in [0.2, 0.25) is 5.91 Å². The molecule has 1 aliphatic rings. The Morgan fingerprint density at radius 1 is 1.35 bits per heavy atom. The Hall–Kier alpha value is -1.63. The van der Waals surface area contributed by atoms with Gasteiger partial charge >= 0.3 is 0 Å². The molecule has 2 heterocycles. The van der Waals surface area contributed by atoms with Crippen molar-refractivity contribution in [1.82, 2.24) is 15.1 Å². The molecule has 1 saturated heterocycles. The molecule has 1 amide bonds. The highest BCUT2D eigenvalue weighted by atomic mass is 32.2. The van der Waals surface area contributed by atoms with Gasteiger partial charge in [-0.15, -0.1) is 0 Å². The first-order chi connectivity index (χ1) is 11.2. The SMILES string of the molecule is CSCCN=C(NCCc1ccco1)N1CCN(C(C)=O)CC1. The molecule has 7 heteroatoms. The van der Waals surface area contributed by atoms with E-state index in [1.54, 1.807) is 24.9 Å². The lowest BCUT2D eigenvalue weighted by molar-refractivity contribution is -0.130. The van der Waals surface area contributed by atoms with E-state index in [2.05, 4.69) is 16.5 Å². The van der Waals surface area contributed by atoms with Crippen LogP contribution in [0.5, 0.6) is 0 Å². The number of hydrogen-bond donors (Lipinski definition) is 1. The van der Waals surface area contributed by atoms with Gasteiger partial charge in [0.15, 0.2) is 5.96 Å². The largest absolute Gasteiger partial charge is 0.469 e. The fraction of sp³-hybridized carbons (Fsp3) is 0.625. The van der Waals surface area contributed by atoms with Crippen LogP contribution < -0.4 is 5.32 Å². The Labute approximate surface area is 142 Å². The molecule has 0 atom stereocenters. The monoisotopic (exact) mass is 338 g/mol. The maximum absolute atomic E-state index is 11.4. The predicted octanol–water partition coefficient (Wildman–Crippen LogP) is 1.29. The highest BCUT2D eigenvalue weighted by Crippen LogP contribution is 2.04. The van der Waals surface area contributed by atoms with E-state index in [1.165, 1.54) is 0 Å². The summed E-state index contributed by atoms with van der Waals surface area (Å²) in [6, 6.07) is 3.89. The van der Waals surface area contributed by atoms with Gasteiger partial charge in [-0.25, -0.2) is 0 Å². The molecule has 0 aromatic carbocycles. The molecule has 1 aromatic rings. The van der Waals surface area contributed by atoms with Gasteiger partial charge in [-0.2, -0.15) is 11.8 Å². The van der Waals surface area contributed by atoms with Crippen molar-refractivity contribution in [1.29, 1.82) is 0 Å². The third kappa shape index (κ3) is 5.82.